The van der Waals surface area contributed by atoms with Crippen molar-refractivity contribution >= 4 is 39.4 Å². The number of carbonyl (C=O) groups is 3. The third-order valence-electron chi connectivity index (χ3n) is 2.81. The van der Waals surface area contributed by atoms with Gasteiger partial charge in [0.25, 0.3) is 0 Å². The molecule has 0 saturated carbocycles. The lowest BCUT2D eigenvalue weighted by Crippen LogP contribution is -2.30. The van der Waals surface area contributed by atoms with Gasteiger partial charge < -0.3 is 5.11 Å². The Labute approximate surface area is 112 Å². The van der Waals surface area contributed by atoms with Gasteiger partial charge in [0.1, 0.15) is 0 Å². The van der Waals surface area contributed by atoms with Gasteiger partial charge in [0, 0.05) is 16.8 Å². The number of benzene rings is 1. The summed E-state index contributed by atoms with van der Waals surface area (Å²) in [7, 11) is 0. The van der Waals surface area contributed by atoms with Crippen LogP contribution in [0.4, 0.5) is 5.69 Å². The number of carboxylic acids is 1. The molecule has 2 amide bonds. The number of imide groups is 1. The molecule has 18 heavy (non-hydrogen) atoms. The summed E-state index contributed by atoms with van der Waals surface area (Å²) in [5, 5.41) is 8.84. The van der Waals surface area contributed by atoms with Crippen molar-refractivity contribution < 1.29 is 19.5 Å². The molecular weight excluding hydrogens is 302 g/mol. The SMILES string of the molecule is CC1CC(=O)N(c2ccc(C(=O)O)cc2Br)C1=O. The molecule has 0 spiro atoms. The number of hydrogen-bond acceptors (Lipinski definition) is 3. The molecule has 1 N–H and O–H groups in total. The average Bonchev–Trinajstić information content (AvgIpc) is 2.54. The molecule has 1 unspecified atom stereocenters. The van der Waals surface area contributed by atoms with Crippen molar-refractivity contribution in [3.63, 3.8) is 0 Å². The van der Waals surface area contributed by atoms with Crippen LogP contribution in [-0.2, 0) is 9.59 Å². The minimum absolute atomic E-state index is 0.0952. The zero-order valence-corrected chi connectivity index (χ0v) is 11.1. The van der Waals surface area contributed by atoms with Gasteiger partial charge in [-0.15, -0.1) is 0 Å². The van der Waals surface area contributed by atoms with E-state index in [0.29, 0.717) is 10.2 Å². The van der Waals surface area contributed by atoms with Gasteiger partial charge in [-0.1, -0.05) is 6.92 Å². The van der Waals surface area contributed by atoms with Crippen LogP contribution < -0.4 is 4.90 Å². The average molecular weight is 312 g/mol. The van der Waals surface area contributed by atoms with Crippen LogP contribution in [0.3, 0.4) is 0 Å². The molecule has 2 rings (SSSR count). The maximum absolute atomic E-state index is 11.9. The van der Waals surface area contributed by atoms with Crippen LogP contribution >= 0.6 is 15.9 Å². The molecule has 1 atom stereocenters. The monoisotopic (exact) mass is 311 g/mol. The molecule has 1 aromatic carbocycles. The molecule has 0 aromatic heterocycles. The lowest BCUT2D eigenvalue weighted by atomic mass is 10.1. The Bertz CT molecular complexity index is 555. The van der Waals surface area contributed by atoms with Gasteiger partial charge in [-0.2, -0.15) is 0 Å². The molecular formula is C12H10BrNO4. The minimum Gasteiger partial charge on any atom is -0.478 e. The molecule has 1 fully saturated rings. The first kappa shape index (κ1) is 12.8. The highest BCUT2D eigenvalue weighted by molar-refractivity contribution is 9.10. The van der Waals surface area contributed by atoms with E-state index in [4.69, 9.17) is 5.11 Å². The fraction of sp³-hybridized carbons (Fsp3) is 0.250. The van der Waals surface area contributed by atoms with Crippen molar-refractivity contribution in [2.24, 2.45) is 5.92 Å². The maximum Gasteiger partial charge on any atom is 0.335 e. The second kappa shape index (κ2) is 4.53. The van der Waals surface area contributed by atoms with Gasteiger partial charge in [0.05, 0.1) is 11.3 Å². The summed E-state index contributed by atoms with van der Waals surface area (Å²) >= 11 is 3.19. The fourth-order valence-electron chi connectivity index (χ4n) is 1.86. The van der Waals surface area contributed by atoms with E-state index < -0.39 is 5.97 Å². The predicted octanol–water partition coefficient (Wildman–Crippen LogP) is 2.05. The molecule has 94 valence electrons. The number of nitrogens with zero attached hydrogens (tertiary/aromatic N) is 1. The largest absolute Gasteiger partial charge is 0.478 e. The van der Waals surface area contributed by atoms with E-state index in [2.05, 4.69) is 15.9 Å². The summed E-state index contributed by atoms with van der Waals surface area (Å²) in [6, 6.07) is 4.20. The van der Waals surface area contributed by atoms with Crippen molar-refractivity contribution in [1.29, 1.82) is 0 Å². The Balaban J connectivity index is 2.43. The smallest absolute Gasteiger partial charge is 0.335 e. The van der Waals surface area contributed by atoms with Crippen LogP contribution in [-0.4, -0.2) is 22.9 Å². The normalized spacial score (nSPS) is 19.4. The van der Waals surface area contributed by atoms with E-state index in [1.54, 1.807) is 6.92 Å². The van der Waals surface area contributed by atoms with Gasteiger partial charge >= 0.3 is 5.97 Å². The highest BCUT2D eigenvalue weighted by atomic mass is 79.9. The van der Waals surface area contributed by atoms with Crippen molar-refractivity contribution in [1.82, 2.24) is 0 Å². The summed E-state index contributed by atoms with van der Waals surface area (Å²) in [4.78, 5) is 35.5. The lowest BCUT2D eigenvalue weighted by molar-refractivity contribution is -0.122. The van der Waals surface area contributed by atoms with Gasteiger partial charge in [-0.25, -0.2) is 9.69 Å². The number of anilines is 1. The number of amides is 2. The summed E-state index contributed by atoms with van der Waals surface area (Å²) < 4.78 is 0.415. The first-order valence-electron chi connectivity index (χ1n) is 5.31. The number of halogens is 1. The first-order valence-corrected chi connectivity index (χ1v) is 6.10. The summed E-state index contributed by atoms with van der Waals surface area (Å²) in [5.74, 6) is -1.92. The van der Waals surface area contributed by atoms with Gasteiger partial charge in [0.15, 0.2) is 0 Å². The number of rotatable bonds is 2. The van der Waals surface area contributed by atoms with Gasteiger partial charge in [0.2, 0.25) is 11.8 Å². The van der Waals surface area contributed by atoms with Gasteiger partial charge in [-0.3, -0.25) is 9.59 Å². The molecule has 0 aliphatic carbocycles. The molecule has 1 aliphatic rings. The molecule has 5 nitrogen and oxygen atoms in total. The van der Waals surface area contributed by atoms with Crippen LogP contribution in [0.25, 0.3) is 0 Å². The number of aromatic carboxylic acids is 1. The highest BCUT2D eigenvalue weighted by Crippen LogP contribution is 2.32. The van der Waals surface area contributed by atoms with E-state index in [-0.39, 0.29) is 29.7 Å². The lowest BCUT2D eigenvalue weighted by Gasteiger charge is -2.16. The van der Waals surface area contributed by atoms with Crippen LogP contribution in [0.15, 0.2) is 22.7 Å². The third kappa shape index (κ3) is 2.03. The Morgan fingerprint density at radius 3 is 2.56 bits per heavy atom. The van der Waals surface area contributed by atoms with E-state index in [9.17, 15) is 14.4 Å². The summed E-state index contributed by atoms with van der Waals surface area (Å²) in [5.41, 5.74) is 0.483. The van der Waals surface area contributed by atoms with Gasteiger partial charge in [-0.05, 0) is 34.1 Å². The topological polar surface area (TPSA) is 74.7 Å². The molecule has 0 bridgehead atoms. The predicted molar refractivity (Wildman–Crippen MR) is 67.4 cm³/mol. The van der Waals surface area contributed by atoms with Crippen LogP contribution in [0, 0.1) is 5.92 Å². The number of carboxylic acid groups (broad SMARTS) is 1. The van der Waals surface area contributed by atoms with Crippen LogP contribution in [0.5, 0.6) is 0 Å². The van der Waals surface area contributed by atoms with E-state index in [1.165, 1.54) is 18.2 Å². The highest BCUT2D eigenvalue weighted by Gasteiger charge is 2.37. The Hall–Kier alpha value is -1.69. The quantitative estimate of drug-likeness (QED) is 0.848. The van der Waals surface area contributed by atoms with E-state index in [1.807, 2.05) is 0 Å². The zero-order chi connectivity index (χ0) is 13.4. The zero-order valence-electron chi connectivity index (χ0n) is 9.51. The van der Waals surface area contributed by atoms with E-state index >= 15 is 0 Å². The molecule has 1 heterocycles. The standard InChI is InChI=1S/C12H10BrNO4/c1-6-4-10(15)14(11(6)16)9-3-2-7(12(17)18)5-8(9)13/h2-3,5-6H,4H2,1H3,(H,17,18). The molecule has 1 aromatic rings. The minimum atomic E-state index is -1.06. The third-order valence-corrected chi connectivity index (χ3v) is 3.44. The Kier molecular flexibility index (Phi) is 3.21. The summed E-state index contributed by atoms with van der Waals surface area (Å²) in [6.45, 7) is 1.69. The Morgan fingerprint density at radius 1 is 1.44 bits per heavy atom. The molecule has 6 heteroatoms. The van der Waals surface area contributed by atoms with Crippen molar-refractivity contribution in [2.75, 3.05) is 4.90 Å². The number of carbonyl (C=O) groups excluding carboxylic acids is 2. The van der Waals surface area contributed by atoms with Crippen molar-refractivity contribution in [2.45, 2.75) is 13.3 Å². The molecule has 0 radical (unpaired) electrons. The first-order chi connectivity index (χ1) is 8.41. The van der Waals surface area contributed by atoms with Crippen LogP contribution in [0.1, 0.15) is 23.7 Å². The fourth-order valence-corrected chi connectivity index (χ4v) is 2.41. The van der Waals surface area contributed by atoms with E-state index in [0.717, 1.165) is 4.90 Å². The Morgan fingerprint density at radius 2 is 2.11 bits per heavy atom. The number of hydrogen-bond donors (Lipinski definition) is 1. The van der Waals surface area contributed by atoms with Crippen LogP contribution in [0.2, 0.25) is 0 Å². The molecule has 1 aliphatic heterocycles. The van der Waals surface area contributed by atoms with Crippen molar-refractivity contribution in [3.05, 3.63) is 28.2 Å². The summed E-state index contributed by atoms with van der Waals surface area (Å²) in [6.07, 6.45) is 0.186. The van der Waals surface area contributed by atoms with Crippen molar-refractivity contribution in [3.8, 4) is 0 Å². The second-order valence-corrected chi connectivity index (χ2v) is 5.00. The molecule has 1 saturated heterocycles. The second-order valence-electron chi connectivity index (χ2n) is 4.14. The maximum atomic E-state index is 11.9.